The molecule has 0 radical (unpaired) electrons. The van der Waals surface area contributed by atoms with Gasteiger partial charge in [-0.2, -0.15) is 0 Å². The molecule has 1 N–H and O–H groups in total. The summed E-state index contributed by atoms with van der Waals surface area (Å²) in [6, 6.07) is 0.391. The van der Waals surface area contributed by atoms with E-state index in [2.05, 4.69) is 11.9 Å². The lowest BCUT2D eigenvalue weighted by Gasteiger charge is -2.31. The number of rotatable bonds is 5. The largest absolute Gasteiger partial charge is 0.464 e. The second kappa shape index (κ2) is 9.81. The van der Waals surface area contributed by atoms with Gasteiger partial charge in [-0.1, -0.05) is 32.6 Å². The van der Waals surface area contributed by atoms with Crippen LogP contribution in [0.1, 0.15) is 68.4 Å². The molecule has 1 saturated carbocycles. The summed E-state index contributed by atoms with van der Waals surface area (Å²) in [5.41, 5.74) is 0.589. The van der Waals surface area contributed by atoms with Crippen LogP contribution in [0.3, 0.4) is 0 Å². The van der Waals surface area contributed by atoms with E-state index in [-0.39, 0.29) is 5.97 Å². The van der Waals surface area contributed by atoms with Crippen LogP contribution in [-0.2, 0) is 4.74 Å². The van der Waals surface area contributed by atoms with Gasteiger partial charge in [0.25, 0.3) is 5.09 Å². The average molecular weight is 327 g/mol. The molecule has 0 bridgehead atoms. The zero-order valence-electron chi connectivity index (χ0n) is 13.7. The quantitative estimate of drug-likeness (QED) is 0.505. The average Bonchev–Trinajstić information content (AvgIpc) is 3.01. The molecule has 1 aliphatic rings. The van der Waals surface area contributed by atoms with Gasteiger partial charge in [-0.25, -0.2) is 9.78 Å². The molecule has 0 spiro atoms. The van der Waals surface area contributed by atoms with E-state index < -0.39 is 5.09 Å². The van der Waals surface area contributed by atoms with E-state index in [0.717, 1.165) is 12.8 Å². The second-order valence-corrected chi connectivity index (χ2v) is 5.67. The first-order valence-electron chi connectivity index (χ1n) is 7.94. The SMILES string of the molecule is CCCC(C1CCCCC1)n1cncc1C(=O)OC.O=[N+]([O-])O. The van der Waals surface area contributed by atoms with Crippen molar-refractivity contribution in [3.63, 3.8) is 0 Å². The van der Waals surface area contributed by atoms with Crippen molar-refractivity contribution in [2.24, 2.45) is 5.92 Å². The predicted octanol–water partition coefficient (Wildman–Crippen LogP) is 3.24. The van der Waals surface area contributed by atoms with Gasteiger partial charge in [-0.3, -0.25) is 0 Å². The fraction of sp³-hybridized carbons (Fsp3) is 0.733. The van der Waals surface area contributed by atoms with Crippen LogP contribution in [-0.4, -0.2) is 32.9 Å². The Kier molecular flexibility index (Phi) is 8.07. The molecule has 1 unspecified atom stereocenters. The van der Waals surface area contributed by atoms with E-state index in [1.54, 1.807) is 12.5 Å². The molecule has 23 heavy (non-hydrogen) atoms. The second-order valence-electron chi connectivity index (χ2n) is 5.67. The zero-order chi connectivity index (χ0) is 17.2. The summed E-state index contributed by atoms with van der Waals surface area (Å²) in [7, 11) is 1.43. The third-order valence-electron chi connectivity index (χ3n) is 4.20. The lowest BCUT2D eigenvalue weighted by Crippen LogP contribution is -2.24. The molecule has 1 fully saturated rings. The van der Waals surface area contributed by atoms with Gasteiger partial charge in [0.1, 0.15) is 5.69 Å². The molecule has 130 valence electrons. The van der Waals surface area contributed by atoms with Gasteiger partial charge in [0.2, 0.25) is 0 Å². The minimum absolute atomic E-state index is 0.283. The van der Waals surface area contributed by atoms with E-state index in [0.29, 0.717) is 17.7 Å². The van der Waals surface area contributed by atoms with Gasteiger partial charge in [0, 0.05) is 6.04 Å². The summed E-state index contributed by atoms with van der Waals surface area (Å²) >= 11 is 0. The van der Waals surface area contributed by atoms with Crippen LogP contribution >= 0.6 is 0 Å². The summed E-state index contributed by atoms with van der Waals surface area (Å²) in [5, 5.41) is 13.6. The van der Waals surface area contributed by atoms with E-state index in [9.17, 15) is 4.79 Å². The van der Waals surface area contributed by atoms with Crippen LogP contribution in [0.4, 0.5) is 0 Å². The van der Waals surface area contributed by atoms with Crippen LogP contribution < -0.4 is 0 Å². The lowest BCUT2D eigenvalue weighted by atomic mass is 9.82. The van der Waals surface area contributed by atoms with Crippen molar-refractivity contribution in [3.05, 3.63) is 28.3 Å². The molecule has 0 aromatic carbocycles. The monoisotopic (exact) mass is 327 g/mol. The van der Waals surface area contributed by atoms with E-state index >= 15 is 0 Å². The van der Waals surface area contributed by atoms with Crippen molar-refractivity contribution >= 4 is 5.97 Å². The number of carbonyl (C=O) groups is 1. The zero-order valence-corrected chi connectivity index (χ0v) is 13.7. The Bertz CT molecular complexity index is 493. The predicted molar refractivity (Wildman–Crippen MR) is 82.9 cm³/mol. The number of ether oxygens (including phenoxy) is 1. The van der Waals surface area contributed by atoms with Gasteiger partial charge in [-0.05, 0) is 25.2 Å². The number of methoxy groups -OCH3 is 1. The Balaban J connectivity index is 0.000000593. The van der Waals surface area contributed by atoms with Crippen molar-refractivity contribution in [1.82, 2.24) is 9.55 Å². The van der Waals surface area contributed by atoms with Gasteiger partial charge in [0.05, 0.1) is 19.6 Å². The first kappa shape index (κ1) is 18.9. The topological polar surface area (TPSA) is 107 Å². The minimum atomic E-state index is -1.50. The van der Waals surface area contributed by atoms with Gasteiger partial charge < -0.3 is 14.5 Å². The lowest BCUT2D eigenvalue weighted by molar-refractivity contribution is -0.742. The molecule has 0 amide bonds. The van der Waals surface area contributed by atoms with E-state index in [1.165, 1.54) is 39.2 Å². The molecule has 1 atom stereocenters. The summed E-state index contributed by atoms with van der Waals surface area (Å²) in [6.45, 7) is 2.20. The number of esters is 1. The summed E-state index contributed by atoms with van der Waals surface area (Å²) < 4.78 is 6.90. The highest BCUT2D eigenvalue weighted by atomic mass is 16.9. The minimum Gasteiger partial charge on any atom is -0.464 e. The van der Waals surface area contributed by atoms with Crippen molar-refractivity contribution in [3.8, 4) is 0 Å². The third-order valence-corrected chi connectivity index (χ3v) is 4.20. The molecule has 8 heteroatoms. The molecule has 1 aromatic heterocycles. The molecule has 8 nitrogen and oxygen atoms in total. The fourth-order valence-electron chi connectivity index (χ4n) is 3.25. The number of hydrogen-bond donors (Lipinski definition) is 1. The highest BCUT2D eigenvalue weighted by Crippen LogP contribution is 2.36. The number of nitrogens with zero attached hydrogens (tertiary/aromatic N) is 3. The molecule has 1 aliphatic carbocycles. The summed E-state index contributed by atoms with van der Waals surface area (Å²) in [4.78, 5) is 24.3. The van der Waals surface area contributed by atoms with Crippen molar-refractivity contribution in [2.45, 2.75) is 57.9 Å². The highest BCUT2D eigenvalue weighted by molar-refractivity contribution is 5.87. The Hall–Kier alpha value is -2.12. The Morgan fingerprint density at radius 1 is 1.52 bits per heavy atom. The maximum absolute atomic E-state index is 11.8. The van der Waals surface area contributed by atoms with Crippen molar-refractivity contribution < 1.29 is 19.8 Å². The van der Waals surface area contributed by atoms with Crippen LogP contribution in [0.15, 0.2) is 12.5 Å². The van der Waals surface area contributed by atoms with Gasteiger partial charge >= 0.3 is 5.97 Å². The first-order valence-corrected chi connectivity index (χ1v) is 7.94. The molecular weight excluding hydrogens is 302 g/mol. The number of aromatic nitrogens is 2. The normalized spacial score (nSPS) is 16.1. The van der Waals surface area contributed by atoms with Crippen LogP contribution in [0.25, 0.3) is 0 Å². The molecule has 2 rings (SSSR count). The molecular formula is C15H25N3O5. The van der Waals surface area contributed by atoms with Crippen LogP contribution in [0, 0.1) is 16.0 Å². The van der Waals surface area contributed by atoms with Crippen LogP contribution in [0.5, 0.6) is 0 Å². The highest BCUT2D eigenvalue weighted by Gasteiger charge is 2.27. The summed E-state index contributed by atoms with van der Waals surface area (Å²) in [5.74, 6) is 0.390. The Morgan fingerprint density at radius 2 is 2.13 bits per heavy atom. The standard InChI is InChI=1S/C15H24N2O2.HNO3/c1-3-7-13(12-8-5-4-6-9-12)17-11-16-10-14(17)15(18)19-2;2-1(3)4/h10-13H,3-9H2,1-2H3;(H,2,3,4). The molecule has 0 aliphatic heterocycles. The number of hydrogen-bond acceptors (Lipinski definition) is 5. The molecule has 0 saturated heterocycles. The van der Waals surface area contributed by atoms with Gasteiger partial charge in [-0.15, -0.1) is 10.1 Å². The van der Waals surface area contributed by atoms with Crippen molar-refractivity contribution in [1.29, 1.82) is 0 Å². The maximum atomic E-state index is 11.8. The third kappa shape index (κ3) is 5.88. The Morgan fingerprint density at radius 3 is 2.65 bits per heavy atom. The van der Waals surface area contributed by atoms with Crippen molar-refractivity contribution in [2.75, 3.05) is 7.11 Å². The Labute approximate surface area is 135 Å². The maximum Gasteiger partial charge on any atom is 0.356 e. The molecule has 1 aromatic rings. The summed E-state index contributed by atoms with van der Waals surface area (Å²) in [6.07, 6.45) is 12.2. The fourth-order valence-corrected chi connectivity index (χ4v) is 3.25. The first-order chi connectivity index (χ1) is 11.0. The van der Waals surface area contributed by atoms with E-state index in [1.807, 2.05) is 4.57 Å². The van der Waals surface area contributed by atoms with Gasteiger partial charge in [0.15, 0.2) is 0 Å². The number of carbonyl (C=O) groups excluding carboxylic acids is 1. The van der Waals surface area contributed by atoms with Crippen LogP contribution in [0.2, 0.25) is 0 Å². The number of imidazole rings is 1. The smallest absolute Gasteiger partial charge is 0.356 e. The van der Waals surface area contributed by atoms with E-state index in [4.69, 9.17) is 20.1 Å². The molecule has 1 heterocycles.